The van der Waals surface area contributed by atoms with Crippen LogP contribution in [0.3, 0.4) is 0 Å². The molecule has 4 aliphatic carbocycles. The molecule has 0 radical (unpaired) electrons. The van der Waals surface area contributed by atoms with Gasteiger partial charge in [-0.1, -0.05) is 38.2 Å². The Hall–Kier alpha value is -1.26. The Kier molecular flexibility index (Phi) is 6.36. The van der Waals surface area contributed by atoms with Crippen LogP contribution in [0.15, 0.2) is 24.3 Å². The van der Waals surface area contributed by atoms with Crippen LogP contribution in [0.2, 0.25) is 0 Å². The number of ketones is 2. The number of carbonyl (C=O) groups excluding carboxylic acids is 2. The summed E-state index contributed by atoms with van der Waals surface area (Å²) in [5.74, 6) is 0.886. The zero-order chi connectivity index (χ0) is 24.2. The molecular formula is C29H44O4. The molecule has 4 aliphatic rings. The summed E-state index contributed by atoms with van der Waals surface area (Å²) >= 11 is 0. The lowest BCUT2D eigenvalue weighted by Crippen LogP contribution is -2.64. The predicted octanol–water partition coefficient (Wildman–Crippen LogP) is 5.97. The van der Waals surface area contributed by atoms with E-state index in [1.54, 1.807) is 0 Å². The lowest BCUT2D eigenvalue weighted by molar-refractivity contribution is -0.248. The van der Waals surface area contributed by atoms with Crippen molar-refractivity contribution in [2.45, 2.75) is 110 Å². The van der Waals surface area contributed by atoms with Gasteiger partial charge in [-0.15, -0.1) is 0 Å². The Balaban J connectivity index is 1.68. The molecule has 0 unspecified atom stereocenters. The molecule has 0 spiro atoms. The summed E-state index contributed by atoms with van der Waals surface area (Å²) in [4.78, 5) is 25.5. The van der Waals surface area contributed by atoms with Gasteiger partial charge in [-0.25, -0.2) is 0 Å². The standard InChI is InChI=1S/C29H44O4/c1-19(2)22-8-13-27(14-9-24(30)17-28(27,32)15-22)18-33-29-16-23(20(3)4)7-11-26(29,6)12-10-25(31)21(29)5/h21-23,32H,1,3,7-18H2,2,4-6H3/t21-,22+,23+,26+,27+,28+,29+/m0/s1. The molecule has 4 nitrogen and oxygen atoms in total. The van der Waals surface area contributed by atoms with Gasteiger partial charge in [-0.3, -0.25) is 9.59 Å². The Labute approximate surface area is 200 Å². The molecule has 0 aromatic rings. The van der Waals surface area contributed by atoms with Crippen molar-refractivity contribution in [2.75, 3.05) is 6.61 Å². The highest BCUT2D eigenvalue weighted by atomic mass is 16.5. The number of Topliss-reactive ketones (excluding diaryl/α,β-unsaturated/α-hetero) is 2. The number of aliphatic hydroxyl groups is 1. The van der Waals surface area contributed by atoms with Crippen LogP contribution in [0, 0.1) is 28.6 Å². The quantitative estimate of drug-likeness (QED) is 0.518. The largest absolute Gasteiger partial charge is 0.389 e. The molecule has 4 rings (SSSR count). The Bertz CT molecular complexity index is 860. The fraction of sp³-hybridized carbons (Fsp3) is 0.793. The fourth-order valence-corrected chi connectivity index (χ4v) is 7.90. The van der Waals surface area contributed by atoms with Gasteiger partial charge in [0.2, 0.25) is 0 Å². The van der Waals surface area contributed by atoms with Gasteiger partial charge in [0.1, 0.15) is 11.6 Å². The molecule has 7 atom stereocenters. The molecule has 0 aromatic carbocycles. The third kappa shape index (κ3) is 3.89. The maximum atomic E-state index is 13.0. The molecule has 4 heteroatoms. The normalized spacial score (nSPS) is 45.8. The summed E-state index contributed by atoms with van der Waals surface area (Å²) in [6, 6.07) is 0. The zero-order valence-corrected chi connectivity index (χ0v) is 21.3. The smallest absolute Gasteiger partial charge is 0.138 e. The second-order valence-electron chi connectivity index (χ2n) is 12.5. The number of carbonyl (C=O) groups is 2. The molecule has 4 saturated carbocycles. The van der Waals surface area contributed by atoms with Gasteiger partial charge in [-0.2, -0.15) is 0 Å². The van der Waals surface area contributed by atoms with Crippen molar-refractivity contribution in [1.29, 1.82) is 0 Å². The van der Waals surface area contributed by atoms with E-state index in [0.29, 0.717) is 44.0 Å². The first-order chi connectivity index (χ1) is 15.4. The lowest BCUT2D eigenvalue weighted by atomic mass is 9.50. The first-order valence-electron chi connectivity index (χ1n) is 13.1. The van der Waals surface area contributed by atoms with E-state index in [2.05, 4.69) is 33.9 Å². The van der Waals surface area contributed by atoms with Crippen molar-refractivity contribution in [3.8, 4) is 0 Å². The van der Waals surface area contributed by atoms with Gasteiger partial charge in [0.15, 0.2) is 0 Å². The molecular weight excluding hydrogens is 412 g/mol. The van der Waals surface area contributed by atoms with Gasteiger partial charge in [0.25, 0.3) is 0 Å². The first-order valence-corrected chi connectivity index (χ1v) is 13.1. The van der Waals surface area contributed by atoms with Gasteiger partial charge >= 0.3 is 0 Å². The Morgan fingerprint density at radius 1 is 1.00 bits per heavy atom. The van der Waals surface area contributed by atoms with Crippen molar-refractivity contribution < 1.29 is 19.4 Å². The van der Waals surface area contributed by atoms with Crippen molar-refractivity contribution in [3.05, 3.63) is 24.3 Å². The molecule has 0 aromatic heterocycles. The van der Waals surface area contributed by atoms with E-state index in [9.17, 15) is 14.7 Å². The monoisotopic (exact) mass is 456 g/mol. The fourth-order valence-electron chi connectivity index (χ4n) is 7.90. The van der Waals surface area contributed by atoms with E-state index < -0.39 is 16.6 Å². The second kappa shape index (κ2) is 8.45. The molecule has 0 aliphatic heterocycles. The highest BCUT2D eigenvalue weighted by Gasteiger charge is 2.63. The predicted molar refractivity (Wildman–Crippen MR) is 131 cm³/mol. The van der Waals surface area contributed by atoms with Crippen LogP contribution in [-0.4, -0.2) is 34.5 Å². The van der Waals surface area contributed by atoms with Gasteiger partial charge in [0, 0.05) is 30.6 Å². The average Bonchev–Trinajstić information content (AvgIpc) is 2.75. The van der Waals surface area contributed by atoms with Crippen molar-refractivity contribution >= 4 is 11.6 Å². The highest BCUT2D eigenvalue weighted by molar-refractivity contribution is 5.83. The minimum absolute atomic E-state index is 0.0551. The zero-order valence-electron chi connectivity index (χ0n) is 21.3. The lowest BCUT2D eigenvalue weighted by Gasteiger charge is -2.61. The van der Waals surface area contributed by atoms with Crippen LogP contribution >= 0.6 is 0 Å². The number of hydrogen-bond acceptors (Lipinski definition) is 4. The van der Waals surface area contributed by atoms with Crippen molar-refractivity contribution in [3.63, 3.8) is 0 Å². The Morgan fingerprint density at radius 3 is 2.30 bits per heavy atom. The number of ether oxygens (including phenoxy) is 1. The molecule has 184 valence electrons. The van der Waals surface area contributed by atoms with Crippen LogP contribution in [0.5, 0.6) is 0 Å². The average molecular weight is 457 g/mol. The molecule has 0 bridgehead atoms. The summed E-state index contributed by atoms with van der Waals surface area (Å²) in [6.45, 7) is 17.3. The molecule has 4 fully saturated rings. The van der Waals surface area contributed by atoms with Crippen molar-refractivity contribution in [2.24, 2.45) is 28.6 Å². The third-order valence-electron chi connectivity index (χ3n) is 10.6. The van der Waals surface area contributed by atoms with Crippen LogP contribution in [0.1, 0.15) is 98.3 Å². The number of allylic oxidation sites excluding steroid dienone is 2. The molecule has 0 saturated heterocycles. The van der Waals surface area contributed by atoms with Crippen LogP contribution in [-0.2, 0) is 14.3 Å². The topological polar surface area (TPSA) is 63.6 Å². The minimum Gasteiger partial charge on any atom is -0.389 e. The summed E-state index contributed by atoms with van der Waals surface area (Å²) in [5, 5.41) is 12.0. The Morgan fingerprint density at radius 2 is 1.64 bits per heavy atom. The van der Waals surface area contributed by atoms with Crippen LogP contribution < -0.4 is 0 Å². The van der Waals surface area contributed by atoms with E-state index in [0.717, 1.165) is 44.1 Å². The van der Waals surface area contributed by atoms with E-state index in [1.807, 2.05) is 6.92 Å². The van der Waals surface area contributed by atoms with Gasteiger partial charge in [-0.05, 0) is 82.5 Å². The minimum atomic E-state index is -1.05. The number of hydrogen-bond donors (Lipinski definition) is 1. The molecule has 33 heavy (non-hydrogen) atoms. The summed E-state index contributed by atoms with van der Waals surface area (Å²) in [6.07, 6.45) is 8.26. The van der Waals surface area contributed by atoms with Crippen LogP contribution in [0.4, 0.5) is 0 Å². The maximum Gasteiger partial charge on any atom is 0.138 e. The SMILES string of the molecule is C=C(C)[C@@H]1CC[C@]2(CO[C@@]34C[C@H](C(=C)C)CC[C@]3(C)CCC(=O)[C@@H]4C)CCC(=O)C[C@]2(O)C1. The third-order valence-corrected chi connectivity index (χ3v) is 10.6. The number of rotatable bonds is 5. The van der Waals surface area contributed by atoms with Gasteiger partial charge in [0.05, 0.1) is 17.8 Å². The molecule has 1 N–H and O–H groups in total. The summed E-state index contributed by atoms with van der Waals surface area (Å²) < 4.78 is 7.08. The highest BCUT2D eigenvalue weighted by Crippen LogP contribution is 2.61. The van der Waals surface area contributed by atoms with Crippen molar-refractivity contribution in [1.82, 2.24) is 0 Å². The van der Waals surface area contributed by atoms with E-state index in [-0.39, 0.29) is 29.5 Å². The summed E-state index contributed by atoms with van der Waals surface area (Å²) in [5.41, 5.74) is 0.184. The van der Waals surface area contributed by atoms with E-state index >= 15 is 0 Å². The van der Waals surface area contributed by atoms with E-state index in [1.165, 1.54) is 5.57 Å². The number of fused-ring (bicyclic) bond motifs is 2. The molecule has 0 amide bonds. The summed E-state index contributed by atoms with van der Waals surface area (Å²) in [7, 11) is 0. The van der Waals surface area contributed by atoms with Crippen LogP contribution in [0.25, 0.3) is 0 Å². The van der Waals surface area contributed by atoms with Gasteiger partial charge < -0.3 is 9.84 Å². The maximum absolute atomic E-state index is 13.0. The molecule has 0 heterocycles. The second-order valence-corrected chi connectivity index (χ2v) is 12.5. The first kappa shape index (κ1) is 24.9. The van der Waals surface area contributed by atoms with E-state index in [4.69, 9.17) is 4.74 Å².